The largest absolute Gasteiger partial charge is 0.494 e. The molecule has 0 saturated carbocycles. The number of hydrogen-bond acceptors (Lipinski definition) is 5. The zero-order valence-corrected chi connectivity index (χ0v) is 16.4. The molecule has 2 unspecified atom stereocenters. The fourth-order valence-electron chi connectivity index (χ4n) is 2.94. The average molecular weight is 367 g/mol. The van der Waals surface area contributed by atoms with E-state index in [1.165, 1.54) is 0 Å². The molecule has 6 nitrogen and oxygen atoms in total. The second-order valence-electron chi connectivity index (χ2n) is 6.36. The summed E-state index contributed by atoms with van der Waals surface area (Å²) in [5, 5.41) is 9.18. The van der Waals surface area contributed by atoms with Crippen molar-refractivity contribution >= 4 is 5.97 Å². The molecule has 1 rings (SSSR count). The SMILES string of the molecule is CCOc1cc(CCC(C)CC(CN)C(=O)O)c(OCC)c(OCC)c1. The Bertz CT molecular complexity index is 561. The van der Waals surface area contributed by atoms with Crippen molar-refractivity contribution in [2.45, 2.75) is 47.0 Å². The smallest absolute Gasteiger partial charge is 0.307 e. The monoisotopic (exact) mass is 367 g/mol. The summed E-state index contributed by atoms with van der Waals surface area (Å²) in [5.41, 5.74) is 6.59. The summed E-state index contributed by atoms with van der Waals surface area (Å²) in [7, 11) is 0. The standard InChI is InChI=1S/C20H33NO5/c1-5-24-17-11-15(19(26-7-3)18(12-17)25-6-2)9-8-14(4)10-16(13-21)20(22)23/h11-12,14,16H,5-10,13,21H2,1-4H3,(H,22,23). The Hall–Kier alpha value is -1.95. The lowest BCUT2D eigenvalue weighted by Gasteiger charge is -2.19. The molecule has 1 aromatic carbocycles. The fraction of sp³-hybridized carbons (Fsp3) is 0.650. The first-order chi connectivity index (χ1) is 12.5. The predicted octanol–water partition coefficient (Wildman–Crippen LogP) is 3.50. The molecule has 148 valence electrons. The molecule has 1 aromatic rings. The molecule has 2 atom stereocenters. The van der Waals surface area contributed by atoms with Crippen LogP contribution in [0.5, 0.6) is 17.2 Å². The highest BCUT2D eigenvalue weighted by Gasteiger charge is 2.20. The van der Waals surface area contributed by atoms with Crippen LogP contribution in [0, 0.1) is 11.8 Å². The number of ether oxygens (including phenoxy) is 3. The van der Waals surface area contributed by atoms with Gasteiger partial charge in [0, 0.05) is 18.2 Å². The zero-order chi connectivity index (χ0) is 19.5. The Morgan fingerprint density at radius 2 is 1.77 bits per heavy atom. The van der Waals surface area contributed by atoms with E-state index in [2.05, 4.69) is 6.92 Å². The Balaban J connectivity index is 2.95. The number of aryl methyl sites for hydroxylation is 1. The Morgan fingerprint density at radius 1 is 1.12 bits per heavy atom. The summed E-state index contributed by atoms with van der Waals surface area (Å²) in [6.45, 7) is 9.71. The molecule has 3 N–H and O–H groups in total. The number of carboxylic acids is 1. The second kappa shape index (κ2) is 11.6. The maximum absolute atomic E-state index is 11.2. The van der Waals surface area contributed by atoms with E-state index in [1.54, 1.807) is 0 Å². The number of aliphatic carboxylic acids is 1. The number of carboxylic acid groups (broad SMARTS) is 1. The van der Waals surface area contributed by atoms with Gasteiger partial charge < -0.3 is 25.1 Å². The number of carbonyl (C=O) groups is 1. The molecule has 0 aromatic heterocycles. The van der Waals surface area contributed by atoms with E-state index in [4.69, 9.17) is 19.9 Å². The topological polar surface area (TPSA) is 91.0 Å². The van der Waals surface area contributed by atoms with E-state index in [9.17, 15) is 9.90 Å². The van der Waals surface area contributed by atoms with Crippen LogP contribution < -0.4 is 19.9 Å². The van der Waals surface area contributed by atoms with Crippen LogP contribution in [0.25, 0.3) is 0 Å². The van der Waals surface area contributed by atoms with E-state index in [-0.39, 0.29) is 12.5 Å². The zero-order valence-electron chi connectivity index (χ0n) is 16.4. The minimum Gasteiger partial charge on any atom is -0.494 e. The van der Waals surface area contributed by atoms with Gasteiger partial charge in [0.15, 0.2) is 11.5 Å². The molecule has 0 fully saturated rings. The van der Waals surface area contributed by atoms with Crippen LogP contribution in [0.2, 0.25) is 0 Å². The maximum Gasteiger partial charge on any atom is 0.307 e. The summed E-state index contributed by atoms with van der Waals surface area (Å²) >= 11 is 0. The van der Waals surface area contributed by atoms with Gasteiger partial charge >= 0.3 is 5.97 Å². The van der Waals surface area contributed by atoms with Crippen molar-refractivity contribution in [3.8, 4) is 17.2 Å². The Kier molecular flexibility index (Phi) is 9.88. The highest BCUT2D eigenvalue weighted by Crippen LogP contribution is 2.37. The summed E-state index contributed by atoms with van der Waals surface area (Å²) in [4.78, 5) is 11.2. The van der Waals surface area contributed by atoms with Gasteiger partial charge in [0.05, 0.1) is 25.7 Å². The summed E-state index contributed by atoms with van der Waals surface area (Å²) < 4.78 is 17.2. The van der Waals surface area contributed by atoms with Crippen molar-refractivity contribution in [3.05, 3.63) is 17.7 Å². The molecule has 0 amide bonds. The molecule has 6 heteroatoms. The predicted molar refractivity (Wildman–Crippen MR) is 102 cm³/mol. The first kappa shape index (κ1) is 22.1. The molecule has 0 spiro atoms. The molecule has 0 bridgehead atoms. The van der Waals surface area contributed by atoms with Crippen LogP contribution in [0.1, 0.15) is 46.1 Å². The van der Waals surface area contributed by atoms with E-state index < -0.39 is 11.9 Å². The highest BCUT2D eigenvalue weighted by atomic mass is 16.5. The third-order valence-corrected chi connectivity index (χ3v) is 4.23. The third-order valence-electron chi connectivity index (χ3n) is 4.23. The van der Waals surface area contributed by atoms with E-state index in [0.717, 1.165) is 29.9 Å². The van der Waals surface area contributed by atoms with Crippen LogP contribution in [0.4, 0.5) is 0 Å². The Morgan fingerprint density at radius 3 is 2.31 bits per heavy atom. The van der Waals surface area contributed by atoms with Crippen LogP contribution in [-0.2, 0) is 11.2 Å². The van der Waals surface area contributed by atoms with Crippen LogP contribution in [-0.4, -0.2) is 37.4 Å². The average Bonchev–Trinajstić information content (AvgIpc) is 2.60. The molecular formula is C20H33NO5. The van der Waals surface area contributed by atoms with Crippen molar-refractivity contribution in [2.75, 3.05) is 26.4 Å². The van der Waals surface area contributed by atoms with Gasteiger partial charge in [-0.25, -0.2) is 0 Å². The summed E-state index contributed by atoms with van der Waals surface area (Å²) in [6.07, 6.45) is 2.17. The van der Waals surface area contributed by atoms with Gasteiger partial charge in [-0.3, -0.25) is 4.79 Å². The van der Waals surface area contributed by atoms with E-state index in [0.29, 0.717) is 32.0 Å². The van der Waals surface area contributed by atoms with Crippen molar-refractivity contribution in [3.63, 3.8) is 0 Å². The van der Waals surface area contributed by atoms with Gasteiger partial charge in [-0.2, -0.15) is 0 Å². The lowest BCUT2D eigenvalue weighted by atomic mass is 9.91. The number of rotatable bonds is 13. The van der Waals surface area contributed by atoms with Crippen LogP contribution >= 0.6 is 0 Å². The first-order valence-corrected chi connectivity index (χ1v) is 9.44. The lowest BCUT2D eigenvalue weighted by Crippen LogP contribution is -2.25. The molecule has 26 heavy (non-hydrogen) atoms. The van der Waals surface area contributed by atoms with Crippen molar-refractivity contribution < 1.29 is 24.1 Å². The highest BCUT2D eigenvalue weighted by molar-refractivity contribution is 5.70. The first-order valence-electron chi connectivity index (χ1n) is 9.44. The number of nitrogens with two attached hydrogens (primary N) is 1. The number of benzene rings is 1. The van der Waals surface area contributed by atoms with E-state index >= 15 is 0 Å². The van der Waals surface area contributed by atoms with E-state index in [1.807, 2.05) is 32.9 Å². The van der Waals surface area contributed by atoms with Gasteiger partial charge in [0.2, 0.25) is 0 Å². The van der Waals surface area contributed by atoms with Crippen molar-refractivity contribution in [1.29, 1.82) is 0 Å². The van der Waals surface area contributed by atoms with Crippen molar-refractivity contribution in [2.24, 2.45) is 17.6 Å². The molecule has 0 saturated heterocycles. The molecule has 0 aliphatic carbocycles. The summed E-state index contributed by atoms with van der Waals surface area (Å²) in [6, 6.07) is 3.85. The fourth-order valence-corrected chi connectivity index (χ4v) is 2.94. The van der Waals surface area contributed by atoms with Crippen molar-refractivity contribution in [1.82, 2.24) is 0 Å². The van der Waals surface area contributed by atoms with Gasteiger partial charge in [0.1, 0.15) is 5.75 Å². The van der Waals surface area contributed by atoms with Gasteiger partial charge in [0.25, 0.3) is 0 Å². The van der Waals surface area contributed by atoms with Gasteiger partial charge in [-0.15, -0.1) is 0 Å². The minimum atomic E-state index is -0.827. The number of hydrogen-bond donors (Lipinski definition) is 2. The molecular weight excluding hydrogens is 334 g/mol. The molecule has 0 heterocycles. The van der Waals surface area contributed by atoms with Gasteiger partial charge in [-0.1, -0.05) is 6.92 Å². The second-order valence-corrected chi connectivity index (χ2v) is 6.36. The third kappa shape index (κ3) is 6.75. The quantitative estimate of drug-likeness (QED) is 0.554. The Labute approximate surface area is 156 Å². The minimum absolute atomic E-state index is 0.165. The molecule has 0 aliphatic heterocycles. The van der Waals surface area contributed by atoms with Crippen LogP contribution in [0.3, 0.4) is 0 Å². The molecule has 0 radical (unpaired) electrons. The maximum atomic E-state index is 11.2. The lowest BCUT2D eigenvalue weighted by molar-refractivity contribution is -0.141. The normalized spacial score (nSPS) is 13.1. The molecule has 0 aliphatic rings. The van der Waals surface area contributed by atoms with Crippen LogP contribution in [0.15, 0.2) is 12.1 Å². The summed E-state index contributed by atoms with van der Waals surface area (Å²) in [5.74, 6) is 1.11. The van der Waals surface area contributed by atoms with Gasteiger partial charge in [-0.05, 0) is 52.0 Å².